The average molecular weight is 363 g/mol. The van der Waals surface area contributed by atoms with Gasteiger partial charge in [0.1, 0.15) is 6.10 Å². The zero-order valence-corrected chi connectivity index (χ0v) is 15.0. The smallest absolute Gasteiger partial charge is 0.392 e. The Bertz CT molecular complexity index is 727. The summed E-state index contributed by atoms with van der Waals surface area (Å²) >= 11 is 0. The van der Waals surface area contributed by atoms with Gasteiger partial charge in [-0.05, 0) is 37.8 Å². The van der Waals surface area contributed by atoms with Crippen LogP contribution in [0.25, 0.3) is 0 Å². The van der Waals surface area contributed by atoms with E-state index in [1.54, 1.807) is 6.07 Å². The molecule has 0 amide bonds. The van der Waals surface area contributed by atoms with Crippen molar-refractivity contribution in [2.75, 3.05) is 0 Å². The van der Waals surface area contributed by atoms with Crippen LogP contribution < -0.4 is 0 Å². The normalized spacial score (nSPS) is 23.0. The van der Waals surface area contributed by atoms with E-state index in [0.717, 1.165) is 51.0 Å². The number of hydrogen-bond acceptors (Lipinski definition) is 2. The summed E-state index contributed by atoms with van der Waals surface area (Å²) < 4.78 is 41.1. The van der Waals surface area contributed by atoms with Gasteiger partial charge in [0.2, 0.25) is 0 Å². The Morgan fingerprint density at radius 3 is 2.65 bits per heavy atom. The van der Waals surface area contributed by atoms with Gasteiger partial charge in [-0.2, -0.15) is 13.2 Å². The maximum absolute atomic E-state index is 13.7. The standard InChI is InChI=1S/C21H24F3NO/c1-2-3-6-9-15-12-13-16(18(14-15)21(22,23)24)20-17-10-7-4-5-8-11-19(17)26-25-20/h12-14,17,19H,2-5,7-8,10-11H2,1H3. The third-order valence-electron chi connectivity index (χ3n) is 5.05. The summed E-state index contributed by atoms with van der Waals surface area (Å²) in [5.74, 6) is 5.69. The van der Waals surface area contributed by atoms with Crippen LogP contribution in [0, 0.1) is 17.8 Å². The van der Waals surface area contributed by atoms with Crippen molar-refractivity contribution in [3.8, 4) is 11.8 Å². The SMILES string of the molecule is CCCC#Cc1ccc(C2=NOC3CCCCCCC23)c(C(F)(F)F)c1. The number of hydrogen-bond donors (Lipinski definition) is 0. The van der Waals surface area contributed by atoms with E-state index >= 15 is 0 Å². The second kappa shape index (κ2) is 8.16. The van der Waals surface area contributed by atoms with Crippen molar-refractivity contribution in [2.45, 2.75) is 70.6 Å². The van der Waals surface area contributed by atoms with E-state index in [1.165, 1.54) is 6.07 Å². The monoisotopic (exact) mass is 363 g/mol. The van der Waals surface area contributed by atoms with Gasteiger partial charge in [-0.25, -0.2) is 0 Å². The Morgan fingerprint density at radius 1 is 1.15 bits per heavy atom. The summed E-state index contributed by atoms with van der Waals surface area (Å²) in [5.41, 5.74) is 0.332. The van der Waals surface area contributed by atoms with E-state index in [4.69, 9.17) is 4.84 Å². The fraction of sp³-hybridized carbons (Fsp3) is 0.571. The predicted molar refractivity (Wildman–Crippen MR) is 95.8 cm³/mol. The molecule has 2 atom stereocenters. The van der Waals surface area contributed by atoms with Crippen LogP contribution in [0.4, 0.5) is 13.2 Å². The van der Waals surface area contributed by atoms with Gasteiger partial charge in [0.15, 0.2) is 0 Å². The minimum atomic E-state index is -4.44. The lowest BCUT2D eigenvalue weighted by atomic mass is 9.82. The lowest BCUT2D eigenvalue weighted by Gasteiger charge is -2.22. The second-order valence-corrected chi connectivity index (χ2v) is 7.03. The molecule has 1 aromatic carbocycles. The van der Waals surface area contributed by atoms with Crippen molar-refractivity contribution in [1.82, 2.24) is 0 Å². The van der Waals surface area contributed by atoms with E-state index < -0.39 is 11.7 Å². The van der Waals surface area contributed by atoms with Gasteiger partial charge in [-0.15, -0.1) is 0 Å². The van der Waals surface area contributed by atoms with Crippen LogP contribution in [0.15, 0.2) is 23.4 Å². The first-order chi connectivity index (χ1) is 12.5. The minimum absolute atomic E-state index is 0.0478. The number of fused-ring (bicyclic) bond motifs is 1. The van der Waals surface area contributed by atoms with Crippen LogP contribution in [0.5, 0.6) is 0 Å². The third kappa shape index (κ3) is 4.23. The first-order valence-corrected chi connectivity index (χ1v) is 9.45. The van der Waals surface area contributed by atoms with Crippen molar-refractivity contribution in [2.24, 2.45) is 11.1 Å². The molecule has 1 aromatic rings. The predicted octanol–water partition coefficient (Wildman–Crippen LogP) is 5.93. The van der Waals surface area contributed by atoms with Crippen LogP contribution in [-0.4, -0.2) is 11.8 Å². The maximum atomic E-state index is 13.7. The molecule has 0 bridgehead atoms. The Hall–Kier alpha value is -1.96. The molecule has 0 radical (unpaired) electrons. The molecule has 0 N–H and O–H groups in total. The third-order valence-corrected chi connectivity index (χ3v) is 5.05. The van der Waals surface area contributed by atoms with Gasteiger partial charge < -0.3 is 4.84 Å². The Labute approximate surface area is 152 Å². The number of benzene rings is 1. The summed E-state index contributed by atoms with van der Waals surface area (Å²) in [5, 5.41) is 4.09. The fourth-order valence-corrected chi connectivity index (χ4v) is 3.70. The van der Waals surface area contributed by atoms with E-state index in [2.05, 4.69) is 17.0 Å². The summed E-state index contributed by atoms with van der Waals surface area (Å²) in [4.78, 5) is 5.53. The zero-order valence-electron chi connectivity index (χ0n) is 15.0. The molecule has 3 rings (SSSR count). The molecule has 2 nitrogen and oxygen atoms in total. The largest absolute Gasteiger partial charge is 0.417 e. The summed E-state index contributed by atoms with van der Waals surface area (Å²) in [6.45, 7) is 1.99. The number of rotatable bonds is 2. The number of nitrogens with zero attached hydrogens (tertiary/aromatic N) is 1. The average Bonchev–Trinajstić information content (AvgIpc) is 2.95. The van der Waals surface area contributed by atoms with Crippen molar-refractivity contribution in [3.63, 3.8) is 0 Å². The molecule has 140 valence electrons. The van der Waals surface area contributed by atoms with Gasteiger partial charge in [0.05, 0.1) is 11.3 Å². The number of alkyl halides is 3. The fourth-order valence-electron chi connectivity index (χ4n) is 3.70. The number of oxime groups is 1. The first kappa shape index (κ1) is 18.8. The van der Waals surface area contributed by atoms with Crippen LogP contribution in [0.3, 0.4) is 0 Å². The second-order valence-electron chi connectivity index (χ2n) is 7.03. The van der Waals surface area contributed by atoms with Gasteiger partial charge in [0, 0.05) is 23.5 Å². The number of unbranched alkanes of at least 4 members (excludes halogenated alkanes) is 1. The van der Waals surface area contributed by atoms with E-state index in [0.29, 0.717) is 17.7 Å². The first-order valence-electron chi connectivity index (χ1n) is 9.45. The summed E-state index contributed by atoms with van der Waals surface area (Å²) in [6, 6.07) is 4.32. The lowest BCUT2D eigenvalue weighted by molar-refractivity contribution is -0.137. The van der Waals surface area contributed by atoms with E-state index in [1.807, 2.05) is 6.92 Å². The van der Waals surface area contributed by atoms with Crippen molar-refractivity contribution in [1.29, 1.82) is 0 Å². The Kier molecular flexibility index (Phi) is 5.90. The molecule has 5 heteroatoms. The quantitative estimate of drug-likeness (QED) is 0.597. The molecular weight excluding hydrogens is 339 g/mol. The summed E-state index contributed by atoms with van der Waals surface area (Å²) in [6.07, 6.45) is 3.04. The van der Waals surface area contributed by atoms with Gasteiger partial charge in [-0.3, -0.25) is 0 Å². The molecule has 1 aliphatic heterocycles. The molecule has 2 unspecified atom stereocenters. The van der Waals surface area contributed by atoms with Crippen LogP contribution in [-0.2, 0) is 11.0 Å². The lowest BCUT2D eigenvalue weighted by Crippen LogP contribution is -2.27. The molecule has 1 aliphatic carbocycles. The van der Waals surface area contributed by atoms with Crippen molar-refractivity contribution < 1.29 is 18.0 Å². The molecular formula is C21H24F3NO. The van der Waals surface area contributed by atoms with Crippen LogP contribution >= 0.6 is 0 Å². The molecule has 0 spiro atoms. The maximum Gasteiger partial charge on any atom is 0.417 e. The Morgan fingerprint density at radius 2 is 1.92 bits per heavy atom. The molecule has 1 fully saturated rings. The molecule has 1 heterocycles. The molecule has 0 saturated heterocycles. The molecule has 1 saturated carbocycles. The molecule has 26 heavy (non-hydrogen) atoms. The van der Waals surface area contributed by atoms with Crippen LogP contribution in [0.1, 0.15) is 75.0 Å². The molecule has 0 aromatic heterocycles. The highest BCUT2D eigenvalue weighted by Crippen LogP contribution is 2.38. The van der Waals surface area contributed by atoms with E-state index in [-0.39, 0.29) is 17.6 Å². The van der Waals surface area contributed by atoms with E-state index in [9.17, 15) is 13.2 Å². The van der Waals surface area contributed by atoms with Crippen LogP contribution in [0.2, 0.25) is 0 Å². The Balaban J connectivity index is 1.95. The van der Waals surface area contributed by atoms with Gasteiger partial charge in [0.25, 0.3) is 0 Å². The number of halogens is 3. The van der Waals surface area contributed by atoms with Gasteiger partial charge in [-0.1, -0.05) is 49.2 Å². The minimum Gasteiger partial charge on any atom is -0.392 e. The highest BCUT2D eigenvalue weighted by Gasteiger charge is 2.40. The summed E-state index contributed by atoms with van der Waals surface area (Å²) in [7, 11) is 0. The van der Waals surface area contributed by atoms with Gasteiger partial charge >= 0.3 is 6.18 Å². The highest BCUT2D eigenvalue weighted by atomic mass is 19.4. The van der Waals surface area contributed by atoms with Crippen molar-refractivity contribution >= 4 is 5.71 Å². The highest BCUT2D eigenvalue weighted by molar-refractivity contribution is 6.04. The van der Waals surface area contributed by atoms with Crippen molar-refractivity contribution in [3.05, 3.63) is 34.9 Å². The topological polar surface area (TPSA) is 21.6 Å². The molecule has 2 aliphatic rings. The zero-order chi connectivity index (χ0) is 18.6.